The van der Waals surface area contributed by atoms with Crippen molar-refractivity contribution in [1.29, 1.82) is 0 Å². The number of rotatable bonds is 9. The van der Waals surface area contributed by atoms with Gasteiger partial charge in [-0.25, -0.2) is 0 Å². The van der Waals surface area contributed by atoms with Crippen molar-refractivity contribution in [2.45, 2.75) is 32.4 Å². The summed E-state index contributed by atoms with van der Waals surface area (Å²) >= 11 is 0. The third-order valence-electron chi connectivity index (χ3n) is 2.73. The molecule has 0 unspecified atom stereocenters. The van der Waals surface area contributed by atoms with Gasteiger partial charge in [0.1, 0.15) is 0 Å². The fourth-order valence-corrected chi connectivity index (χ4v) is 1.29. The number of ether oxygens (including phenoxy) is 2. The van der Waals surface area contributed by atoms with Crippen LogP contribution in [-0.2, 0) is 16.0 Å². The van der Waals surface area contributed by atoms with E-state index < -0.39 is 0 Å². The van der Waals surface area contributed by atoms with Gasteiger partial charge in [0.25, 0.3) is 0 Å². The monoisotopic (exact) mass is 241 g/mol. The van der Waals surface area contributed by atoms with Crippen LogP contribution < -0.4 is 5.32 Å². The minimum absolute atomic E-state index is 0.0930. The van der Waals surface area contributed by atoms with Crippen LogP contribution in [0, 0.1) is 0 Å². The normalized spacial score (nSPS) is 11.9. The van der Waals surface area contributed by atoms with E-state index in [0.29, 0.717) is 0 Å². The van der Waals surface area contributed by atoms with Crippen molar-refractivity contribution in [3.63, 3.8) is 0 Å². The Hall–Kier alpha value is -0.840. The molecule has 4 heteroatoms. The number of methoxy groups -OCH3 is 1. The minimum Gasteiger partial charge on any atom is -0.472 e. The number of hydrogen-bond donors (Lipinski definition) is 1. The molecule has 0 radical (unpaired) electrons. The van der Waals surface area contributed by atoms with Gasteiger partial charge in [-0.3, -0.25) is 0 Å². The van der Waals surface area contributed by atoms with E-state index in [1.165, 1.54) is 0 Å². The summed E-state index contributed by atoms with van der Waals surface area (Å²) in [4.78, 5) is 0. The molecule has 98 valence electrons. The van der Waals surface area contributed by atoms with Gasteiger partial charge in [0.05, 0.1) is 24.7 Å². The smallest absolute Gasteiger partial charge is 0.0947 e. The van der Waals surface area contributed by atoms with E-state index in [9.17, 15) is 0 Å². The second-order valence-corrected chi connectivity index (χ2v) is 4.63. The van der Waals surface area contributed by atoms with Crippen LogP contribution in [-0.4, -0.2) is 32.5 Å². The molecule has 0 saturated carbocycles. The molecule has 0 amide bonds. The summed E-state index contributed by atoms with van der Waals surface area (Å²) in [6.07, 6.45) is 4.33. The van der Waals surface area contributed by atoms with E-state index >= 15 is 0 Å². The minimum atomic E-state index is -0.0930. The van der Waals surface area contributed by atoms with E-state index in [1.807, 2.05) is 6.07 Å². The van der Waals surface area contributed by atoms with Crippen LogP contribution >= 0.6 is 0 Å². The van der Waals surface area contributed by atoms with Gasteiger partial charge in [-0.2, -0.15) is 0 Å². The predicted molar refractivity (Wildman–Crippen MR) is 66.9 cm³/mol. The quantitative estimate of drug-likeness (QED) is 0.673. The molecule has 0 spiro atoms. The molecule has 0 aromatic carbocycles. The Bertz CT molecular complexity index is 283. The van der Waals surface area contributed by atoms with Gasteiger partial charge in [0.15, 0.2) is 0 Å². The lowest BCUT2D eigenvalue weighted by Crippen LogP contribution is -2.25. The standard InChI is InChI=1S/C13H23NO3/c1-13(2,15-3)5-8-16-9-6-14-10-12-4-7-17-11-12/h4,7,11,14H,5-6,8-10H2,1-3H3. The molecule has 4 nitrogen and oxygen atoms in total. The molecular formula is C13H23NO3. The van der Waals surface area contributed by atoms with Crippen LogP contribution in [0.3, 0.4) is 0 Å². The molecule has 0 saturated heterocycles. The molecule has 1 aromatic heterocycles. The summed E-state index contributed by atoms with van der Waals surface area (Å²) in [5.74, 6) is 0. The van der Waals surface area contributed by atoms with Gasteiger partial charge in [0.2, 0.25) is 0 Å². The van der Waals surface area contributed by atoms with Crippen molar-refractivity contribution in [2.75, 3.05) is 26.9 Å². The van der Waals surface area contributed by atoms with Crippen LogP contribution in [0.25, 0.3) is 0 Å². The number of furan rings is 1. The van der Waals surface area contributed by atoms with Gasteiger partial charge in [0, 0.05) is 32.4 Å². The maximum atomic E-state index is 5.52. The van der Waals surface area contributed by atoms with Crippen molar-refractivity contribution in [2.24, 2.45) is 0 Å². The van der Waals surface area contributed by atoms with E-state index in [0.717, 1.165) is 38.3 Å². The summed E-state index contributed by atoms with van der Waals surface area (Å²) < 4.78 is 15.8. The molecule has 1 N–H and O–H groups in total. The first-order chi connectivity index (χ1) is 8.14. The Balaban J connectivity index is 1.91. The number of hydrogen-bond acceptors (Lipinski definition) is 4. The third kappa shape index (κ3) is 6.46. The topological polar surface area (TPSA) is 43.6 Å². The molecule has 1 rings (SSSR count). The first-order valence-corrected chi connectivity index (χ1v) is 5.99. The van der Waals surface area contributed by atoms with Gasteiger partial charge >= 0.3 is 0 Å². The van der Waals surface area contributed by atoms with Crippen LogP contribution in [0.1, 0.15) is 25.8 Å². The highest BCUT2D eigenvalue weighted by Gasteiger charge is 2.15. The zero-order valence-electron chi connectivity index (χ0n) is 11.0. The van der Waals surface area contributed by atoms with E-state index in [1.54, 1.807) is 19.6 Å². The Morgan fingerprint density at radius 1 is 1.35 bits per heavy atom. The Morgan fingerprint density at radius 3 is 2.82 bits per heavy atom. The average Bonchev–Trinajstić information content (AvgIpc) is 2.81. The number of nitrogens with one attached hydrogen (secondary N) is 1. The molecule has 1 heterocycles. The molecule has 0 fully saturated rings. The fraction of sp³-hybridized carbons (Fsp3) is 0.692. The lowest BCUT2D eigenvalue weighted by atomic mass is 10.1. The van der Waals surface area contributed by atoms with Gasteiger partial charge in [-0.05, 0) is 26.3 Å². The van der Waals surface area contributed by atoms with Crippen molar-refractivity contribution in [3.05, 3.63) is 24.2 Å². The van der Waals surface area contributed by atoms with Crippen LogP contribution in [0.5, 0.6) is 0 Å². The van der Waals surface area contributed by atoms with Crippen molar-refractivity contribution < 1.29 is 13.9 Å². The highest BCUT2D eigenvalue weighted by molar-refractivity contribution is 5.04. The highest BCUT2D eigenvalue weighted by atomic mass is 16.5. The molecule has 0 aliphatic heterocycles. The lowest BCUT2D eigenvalue weighted by Gasteiger charge is -2.22. The zero-order valence-corrected chi connectivity index (χ0v) is 11.0. The summed E-state index contributed by atoms with van der Waals surface area (Å²) in [7, 11) is 1.73. The molecular weight excluding hydrogens is 218 g/mol. The van der Waals surface area contributed by atoms with Crippen LogP contribution in [0.2, 0.25) is 0 Å². The molecule has 1 aromatic rings. The van der Waals surface area contributed by atoms with E-state index in [4.69, 9.17) is 13.9 Å². The van der Waals surface area contributed by atoms with Crippen molar-refractivity contribution in [3.8, 4) is 0 Å². The third-order valence-corrected chi connectivity index (χ3v) is 2.73. The molecule has 0 bridgehead atoms. The summed E-state index contributed by atoms with van der Waals surface area (Å²) in [6.45, 7) is 7.24. The summed E-state index contributed by atoms with van der Waals surface area (Å²) in [5, 5.41) is 3.28. The Labute approximate surface area is 103 Å². The Morgan fingerprint density at radius 2 is 2.18 bits per heavy atom. The maximum absolute atomic E-state index is 5.52. The fourth-order valence-electron chi connectivity index (χ4n) is 1.29. The Kier molecular flexibility index (Phi) is 6.26. The molecule has 0 aliphatic rings. The van der Waals surface area contributed by atoms with Crippen LogP contribution in [0.4, 0.5) is 0 Å². The predicted octanol–water partition coefficient (Wildman–Crippen LogP) is 2.20. The summed E-state index contributed by atoms with van der Waals surface area (Å²) in [6, 6.07) is 1.95. The van der Waals surface area contributed by atoms with E-state index in [-0.39, 0.29) is 5.60 Å². The first kappa shape index (κ1) is 14.2. The maximum Gasteiger partial charge on any atom is 0.0947 e. The molecule has 0 aliphatic carbocycles. The van der Waals surface area contributed by atoms with Crippen molar-refractivity contribution >= 4 is 0 Å². The molecule has 0 atom stereocenters. The molecule has 17 heavy (non-hydrogen) atoms. The van der Waals surface area contributed by atoms with Gasteiger partial charge in [-0.15, -0.1) is 0 Å². The highest BCUT2D eigenvalue weighted by Crippen LogP contribution is 2.12. The lowest BCUT2D eigenvalue weighted by molar-refractivity contribution is -0.00936. The second kappa shape index (κ2) is 7.48. The van der Waals surface area contributed by atoms with Gasteiger partial charge in [-0.1, -0.05) is 0 Å². The average molecular weight is 241 g/mol. The summed E-state index contributed by atoms with van der Waals surface area (Å²) in [5.41, 5.74) is 1.06. The second-order valence-electron chi connectivity index (χ2n) is 4.63. The van der Waals surface area contributed by atoms with E-state index in [2.05, 4.69) is 19.2 Å². The van der Waals surface area contributed by atoms with Crippen molar-refractivity contribution in [1.82, 2.24) is 5.32 Å². The first-order valence-electron chi connectivity index (χ1n) is 5.99. The van der Waals surface area contributed by atoms with Crippen LogP contribution in [0.15, 0.2) is 23.0 Å². The SMILES string of the molecule is COC(C)(C)CCOCCNCc1ccoc1. The largest absolute Gasteiger partial charge is 0.472 e. The van der Waals surface area contributed by atoms with Gasteiger partial charge < -0.3 is 19.2 Å². The zero-order chi connectivity index (χ0) is 12.6.